The highest BCUT2D eigenvalue weighted by Crippen LogP contribution is 2.12. The maximum atomic E-state index is 5.65. The molecule has 2 nitrogen and oxygen atoms in total. The molecular formula is C11H18ClNO. The van der Waals surface area contributed by atoms with Gasteiger partial charge in [0.2, 0.25) is 0 Å². The third kappa shape index (κ3) is 4.68. The minimum Gasteiger partial charge on any atom is -0.448 e. The summed E-state index contributed by atoms with van der Waals surface area (Å²) in [5, 5.41) is 3.78. The van der Waals surface area contributed by atoms with E-state index in [4.69, 9.17) is 16.0 Å². The summed E-state index contributed by atoms with van der Waals surface area (Å²) in [5.41, 5.74) is 0. The van der Waals surface area contributed by atoms with Crippen LogP contribution in [0, 0.1) is 5.92 Å². The average molecular weight is 216 g/mol. The number of rotatable bonds is 6. The Hall–Kier alpha value is -0.470. The zero-order chi connectivity index (χ0) is 10.4. The number of halogens is 1. The molecule has 0 saturated carbocycles. The summed E-state index contributed by atoms with van der Waals surface area (Å²) < 4.78 is 5.21. The Bertz CT molecular complexity index is 258. The normalized spacial score (nSPS) is 11.1. The largest absolute Gasteiger partial charge is 0.448 e. The number of nitrogens with one attached hydrogen (secondary N) is 1. The summed E-state index contributed by atoms with van der Waals surface area (Å²) in [5.74, 6) is 1.69. The first-order chi connectivity index (χ1) is 6.68. The molecule has 1 aromatic rings. The van der Waals surface area contributed by atoms with Crippen molar-refractivity contribution in [2.24, 2.45) is 5.92 Å². The van der Waals surface area contributed by atoms with E-state index >= 15 is 0 Å². The van der Waals surface area contributed by atoms with Crippen molar-refractivity contribution < 1.29 is 4.42 Å². The number of hydrogen-bond acceptors (Lipinski definition) is 2. The van der Waals surface area contributed by atoms with Crippen LogP contribution in [-0.4, -0.2) is 6.54 Å². The van der Waals surface area contributed by atoms with E-state index in [0.29, 0.717) is 5.22 Å². The van der Waals surface area contributed by atoms with Crippen LogP contribution in [0.4, 0.5) is 0 Å². The van der Waals surface area contributed by atoms with Gasteiger partial charge in [-0.3, -0.25) is 0 Å². The molecule has 1 aromatic heterocycles. The van der Waals surface area contributed by atoms with Crippen LogP contribution in [0.1, 0.15) is 32.4 Å². The van der Waals surface area contributed by atoms with Crippen molar-refractivity contribution in [2.75, 3.05) is 6.54 Å². The smallest absolute Gasteiger partial charge is 0.193 e. The quantitative estimate of drug-likeness (QED) is 0.736. The zero-order valence-corrected chi connectivity index (χ0v) is 9.60. The van der Waals surface area contributed by atoms with Crippen molar-refractivity contribution in [1.29, 1.82) is 0 Å². The van der Waals surface area contributed by atoms with Gasteiger partial charge >= 0.3 is 0 Å². The lowest BCUT2D eigenvalue weighted by Crippen LogP contribution is -2.14. The van der Waals surface area contributed by atoms with Crippen molar-refractivity contribution in [3.8, 4) is 0 Å². The van der Waals surface area contributed by atoms with Crippen molar-refractivity contribution in [3.05, 3.63) is 23.1 Å². The maximum absolute atomic E-state index is 5.65. The second-order valence-corrected chi connectivity index (χ2v) is 4.29. The highest BCUT2D eigenvalue weighted by molar-refractivity contribution is 6.28. The van der Waals surface area contributed by atoms with E-state index in [1.54, 1.807) is 6.07 Å². The summed E-state index contributed by atoms with van der Waals surface area (Å²) in [6.07, 6.45) is 2.48. The lowest BCUT2D eigenvalue weighted by Gasteiger charge is -2.04. The lowest BCUT2D eigenvalue weighted by molar-refractivity contribution is 0.470. The predicted molar refractivity (Wildman–Crippen MR) is 59.5 cm³/mol. The molecule has 0 unspecified atom stereocenters. The van der Waals surface area contributed by atoms with Crippen LogP contribution in [0.25, 0.3) is 0 Å². The molecule has 1 rings (SSSR count). The molecule has 14 heavy (non-hydrogen) atoms. The van der Waals surface area contributed by atoms with E-state index < -0.39 is 0 Å². The average Bonchev–Trinajstić information content (AvgIpc) is 2.50. The Kier molecular flexibility index (Phi) is 5.05. The van der Waals surface area contributed by atoms with Gasteiger partial charge in [0.1, 0.15) is 5.76 Å². The molecule has 1 N–H and O–H groups in total. The first-order valence-corrected chi connectivity index (χ1v) is 5.51. The summed E-state index contributed by atoms with van der Waals surface area (Å²) in [6, 6.07) is 3.67. The maximum Gasteiger partial charge on any atom is 0.193 e. The molecule has 0 spiro atoms. The standard InChI is InChI=1S/C11H18ClNO/c1-9(2)4-3-7-13-8-10-5-6-11(12)14-10/h5-6,9,13H,3-4,7-8H2,1-2H3. The molecule has 1 heterocycles. The molecule has 0 bridgehead atoms. The SMILES string of the molecule is CC(C)CCCNCc1ccc(Cl)o1. The molecule has 0 fully saturated rings. The highest BCUT2D eigenvalue weighted by atomic mass is 35.5. The Morgan fingerprint density at radius 3 is 2.79 bits per heavy atom. The second-order valence-electron chi connectivity index (χ2n) is 3.92. The molecule has 0 amide bonds. The van der Waals surface area contributed by atoms with E-state index in [1.165, 1.54) is 12.8 Å². The van der Waals surface area contributed by atoms with Crippen molar-refractivity contribution in [1.82, 2.24) is 5.32 Å². The van der Waals surface area contributed by atoms with E-state index in [-0.39, 0.29) is 0 Å². The van der Waals surface area contributed by atoms with Gasteiger partial charge in [-0.1, -0.05) is 13.8 Å². The first kappa shape index (κ1) is 11.6. The third-order valence-corrected chi connectivity index (χ3v) is 2.27. The summed E-state index contributed by atoms with van der Waals surface area (Å²) in [6.45, 7) is 6.29. The monoisotopic (exact) mass is 215 g/mol. The minimum absolute atomic E-state index is 0.462. The summed E-state index contributed by atoms with van der Waals surface area (Å²) in [7, 11) is 0. The molecule has 0 radical (unpaired) electrons. The molecule has 0 aromatic carbocycles. The van der Waals surface area contributed by atoms with Crippen LogP contribution in [0.2, 0.25) is 5.22 Å². The molecule has 0 aliphatic carbocycles. The Balaban J connectivity index is 2.04. The number of furan rings is 1. The van der Waals surface area contributed by atoms with Gasteiger partial charge in [-0.15, -0.1) is 0 Å². The fraction of sp³-hybridized carbons (Fsp3) is 0.636. The molecular weight excluding hydrogens is 198 g/mol. The van der Waals surface area contributed by atoms with Crippen LogP contribution >= 0.6 is 11.6 Å². The third-order valence-electron chi connectivity index (χ3n) is 2.06. The summed E-state index contributed by atoms with van der Waals surface area (Å²) >= 11 is 5.65. The van der Waals surface area contributed by atoms with E-state index in [1.807, 2.05) is 6.07 Å². The Morgan fingerprint density at radius 2 is 2.21 bits per heavy atom. The predicted octanol–water partition coefficient (Wildman–Crippen LogP) is 3.46. The van der Waals surface area contributed by atoms with Crippen molar-refractivity contribution in [3.63, 3.8) is 0 Å². The van der Waals surface area contributed by atoms with Gasteiger partial charge in [-0.2, -0.15) is 0 Å². The van der Waals surface area contributed by atoms with Crippen LogP contribution < -0.4 is 5.32 Å². The molecule has 0 aliphatic heterocycles. The van der Waals surface area contributed by atoms with Gasteiger partial charge in [0.25, 0.3) is 0 Å². The lowest BCUT2D eigenvalue weighted by atomic mass is 10.1. The fourth-order valence-corrected chi connectivity index (χ4v) is 1.46. The van der Waals surface area contributed by atoms with Crippen molar-refractivity contribution >= 4 is 11.6 Å². The minimum atomic E-state index is 0.462. The van der Waals surface area contributed by atoms with Crippen molar-refractivity contribution in [2.45, 2.75) is 33.2 Å². The van der Waals surface area contributed by atoms with Gasteiger partial charge in [0, 0.05) is 0 Å². The highest BCUT2D eigenvalue weighted by Gasteiger charge is 1.98. The molecule has 0 saturated heterocycles. The van der Waals surface area contributed by atoms with Gasteiger partial charge in [0.15, 0.2) is 5.22 Å². The topological polar surface area (TPSA) is 25.2 Å². The van der Waals surface area contributed by atoms with E-state index in [9.17, 15) is 0 Å². The van der Waals surface area contributed by atoms with Gasteiger partial charge < -0.3 is 9.73 Å². The first-order valence-electron chi connectivity index (χ1n) is 5.13. The zero-order valence-electron chi connectivity index (χ0n) is 8.85. The van der Waals surface area contributed by atoms with Crippen LogP contribution in [0.3, 0.4) is 0 Å². The number of hydrogen-bond donors (Lipinski definition) is 1. The second kappa shape index (κ2) is 6.10. The Morgan fingerprint density at radius 1 is 1.43 bits per heavy atom. The van der Waals surface area contributed by atoms with E-state index in [2.05, 4.69) is 19.2 Å². The van der Waals surface area contributed by atoms with E-state index in [0.717, 1.165) is 24.8 Å². The molecule has 80 valence electrons. The van der Waals surface area contributed by atoms with Gasteiger partial charge in [-0.05, 0) is 49.0 Å². The fourth-order valence-electron chi connectivity index (χ4n) is 1.29. The molecule has 3 heteroatoms. The van der Waals surface area contributed by atoms with Gasteiger partial charge in [-0.25, -0.2) is 0 Å². The molecule has 0 aliphatic rings. The van der Waals surface area contributed by atoms with Crippen LogP contribution in [0.5, 0.6) is 0 Å². The molecule has 0 atom stereocenters. The van der Waals surface area contributed by atoms with Gasteiger partial charge in [0.05, 0.1) is 6.54 Å². The Labute approximate surface area is 90.6 Å². The van der Waals surface area contributed by atoms with Crippen LogP contribution in [0.15, 0.2) is 16.5 Å². The summed E-state index contributed by atoms with van der Waals surface area (Å²) in [4.78, 5) is 0. The van der Waals surface area contributed by atoms with Crippen LogP contribution in [-0.2, 0) is 6.54 Å².